The number of methoxy groups -OCH3 is 1. The van der Waals surface area contributed by atoms with Gasteiger partial charge >= 0.3 is 12.0 Å². The summed E-state index contributed by atoms with van der Waals surface area (Å²) in [5, 5.41) is 21.2. The van der Waals surface area contributed by atoms with Crippen molar-refractivity contribution in [2.75, 3.05) is 20.3 Å². The van der Waals surface area contributed by atoms with Crippen molar-refractivity contribution in [3.05, 3.63) is 105 Å². The summed E-state index contributed by atoms with van der Waals surface area (Å²) in [6.45, 7) is 4.39. The largest absolute Gasteiger partial charge is 0.490 e. The number of nitrogens with zero attached hydrogens (tertiary/aromatic N) is 2. The lowest BCUT2D eigenvalue weighted by atomic mass is 9.95. The standard InChI is InChI=1S/C33H34BrN5O6/c1-4-44-28-15-22(31-30(32(41)43-3)20(2)36-33(42)37-31)11-14-27(28)45-19-29(40)38-35-16-23-18-39(26-8-6-5-7-25(23)26)17-21-9-12-24(34)13-10-21/h5-16,18,29,31,38,40H,4,17,19H2,1-3H3,(H2,36,37,42)/b35-16+/t29-,31+/m1/s1. The highest BCUT2D eigenvalue weighted by Crippen LogP contribution is 2.35. The predicted octanol–water partition coefficient (Wildman–Crippen LogP) is 4.97. The van der Waals surface area contributed by atoms with E-state index < -0.39 is 24.3 Å². The van der Waals surface area contributed by atoms with Crippen molar-refractivity contribution in [3.8, 4) is 11.5 Å². The number of benzene rings is 3. The molecule has 0 radical (unpaired) electrons. The number of aliphatic hydroxyl groups excluding tert-OH is 1. The zero-order valence-electron chi connectivity index (χ0n) is 25.0. The Morgan fingerprint density at radius 1 is 1.13 bits per heavy atom. The Hall–Kier alpha value is -4.81. The van der Waals surface area contributed by atoms with Crippen molar-refractivity contribution < 1.29 is 28.9 Å². The number of fused-ring (bicyclic) bond motifs is 1. The fraction of sp³-hybridized carbons (Fsp3) is 0.242. The highest BCUT2D eigenvalue weighted by Gasteiger charge is 2.32. The van der Waals surface area contributed by atoms with E-state index in [9.17, 15) is 14.7 Å². The van der Waals surface area contributed by atoms with E-state index in [0.29, 0.717) is 35.9 Å². The number of urea groups is 1. The van der Waals surface area contributed by atoms with Crippen LogP contribution in [-0.4, -0.2) is 54.4 Å². The average Bonchev–Trinajstić information content (AvgIpc) is 3.37. The molecule has 0 unspecified atom stereocenters. The first kappa shape index (κ1) is 31.6. The third kappa shape index (κ3) is 7.47. The molecule has 3 aromatic carbocycles. The second-order valence-electron chi connectivity index (χ2n) is 10.3. The minimum Gasteiger partial charge on any atom is -0.490 e. The number of para-hydroxylation sites is 1. The first-order valence-corrected chi connectivity index (χ1v) is 15.1. The van der Waals surface area contributed by atoms with Gasteiger partial charge in [-0.25, -0.2) is 9.59 Å². The van der Waals surface area contributed by atoms with E-state index in [1.165, 1.54) is 12.7 Å². The number of hydrazone groups is 1. The summed E-state index contributed by atoms with van der Waals surface area (Å²) >= 11 is 3.48. The molecule has 2 atom stereocenters. The van der Waals surface area contributed by atoms with Gasteiger partial charge in [-0.15, -0.1) is 0 Å². The Morgan fingerprint density at radius 2 is 1.91 bits per heavy atom. The second-order valence-corrected chi connectivity index (χ2v) is 11.2. The number of hydrogen-bond donors (Lipinski definition) is 4. The maximum absolute atomic E-state index is 12.5. The summed E-state index contributed by atoms with van der Waals surface area (Å²) in [5.41, 5.74) is 7.14. The van der Waals surface area contributed by atoms with Crippen LogP contribution >= 0.6 is 15.9 Å². The molecule has 5 rings (SSSR count). The second kappa shape index (κ2) is 14.3. The normalized spacial score (nSPS) is 15.5. The molecule has 0 saturated heterocycles. The molecule has 1 aromatic heterocycles. The van der Waals surface area contributed by atoms with Gasteiger partial charge in [-0.3, -0.25) is 5.43 Å². The van der Waals surface area contributed by atoms with Gasteiger partial charge in [-0.05, 0) is 55.3 Å². The van der Waals surface area contributed by atoms with Crippen LogP contribution in [0.1, 0.15) is 36.6 Å². The summed E-state index contributed by atoms with van der Waals surface area (Å²) in [7, 11) is 1.28. The zero-order valence-corrected chi connectivity index (χ0v) is 26.6. The number of carbonyl (C=O) groups is 2. The monoisotopic (exact) mass is 675 g/mol. The molecule has 0 aliphatic carbocycles. The molecule has 0 fully saturated rings. The van der Waals surface area contributed by atoms with Crippen molar-refractivity contribution in [2.24, 2.45) is 5.10 Å². The Kier molecular flexibility index (Phi) is 10.1. The van der Waals surface area contributed by atoms with Gasteiger partial charge in [0.15, 0.2) is 17.7 Å². The Labute approximate surface area is 269 Å². The van der Waals surface area contributed by atoms with E-state index in [-0.39, 0.29) is 12.2 Å². The summed E-state index contributed by atoms with van der Waals surface area (Å²) < 4.78 is 19.8. The molecule has 2 heterocycles. The lowest BCUT2D eigenvalue weighted by Crippen LogP contribution is -2.45. The van der Waals surface area contributed by atoms with Gasteiger partial charge in [-0.1, -0.05) is 52.3 Å². The molecule has 0 saturated carbocycles. The molecule has 1 aliphatic rings. The quantitative estimate of drug-likeness (QED) is 0.0721. The topological polar surface area (TPSA) is 135 Å². The smallest absolute Gasteiger partial charge is 0.337 e. The average molecular weight is 677 g/mol. The maximum Gasteiger partial charge on any atom is 0.337 e. The van der Waals surface area contributed by atoms with Gasteiger partial charge in [0, 0.05) is 39.4 Å². The molecule has 12 heteroatoms. The minimum atomic E-state index is -1.12. The molecule has 234 valence electrons. The number of amides is 2. The van der Waals surface area contributed by atoms with Gasteiger partial charge < -0.3 is 34.5 Å². The number of nitrogens with one attached hydrogen (secondary N) is 3. The van der Waals surface area contributed by atoms with Gasteiger partial charge in [0.25, 0.3) is 0 Å². The number of aliphatic hydroxyl groups is 1. The highest BCUT2D eigenvalue weighted by molar-refractivity contribution is 9.10. The maximum atomic E-state index is 12.5. The van der Waals surface area contributed by atoms with Crippen LogP contribution in [0.2, 0.25) is 0 Å². The van der Waals surface area contributed by atoms with Crippen LogP contribution in [0.3, 0.4) is 0 Å². The summed E-state index contributed by atoms with van der Waals surface area (Å²) in [6, 6.07) is 20.2. The highest BCUT2D eigenvalue weighted by atomic mass is 79.9. The van der Waals surface area contributed by atoms with Crippen LogP contribution in [0.4, 0.5) is 4.79 Å². The van der Waals surface area contributed by atoms with E-state index >= 15 is 0 Å². The zero-order chi connectivity index (χ0) is 31.9. The fourth-order valence-corrected chi connectivity index (χ4v) is 5.37. The van der Waals surface area contributed by atoms with Gasteiger partial charge in [0.2, 0.25) is 0 Å². The summed E-state index contributed by atoms with van der Waals surface area (Å²) in [4.78, 5) is 24.7. The van der Waals surface area contributed by atoms with Crippen molar-refractivity contribution in [1.29, 1.82) is 0 Å². The number of esters is 1. The van der Waals surface area contributed by atoms with Crippen molar-refractivity contribution >= 4 is 45.0 Å². The van der Waals surface area contributed by atoms with Crippen LogP contribution in [0.15, 0.2) is 93.8 Å². The van der Waals surface area contributed by atoms with Crippen LogP contribution in [-0.2, 0) is 16.1 Å². The van der Waals surface area contributed by atoms with Crippen LogP contribution in [0.25, 0.3) is 10.9 Å². The van der Waals surface area contributed by atoms with Gasteiger partial charge in [0.1, 0.15) is 6.61 Å². The molecular formula is C33H34BrN5O6. The number of rotatable bonds is 12. The van der Waals surface area contributed by atoms with Crippen molar-refractivity contribution in [2.45, 2.75) is 32.7 Å². The number of halogens is 1. The molecule has 11 nitrogen and oxygen atoms in total. The molecule has 4 N–H and O–H groups in total. The first-order valence-electron chi connectivity index (χ1n) is 14.3. The molecule has 0 bridgehead atoms. The van der Waals surface area contributed by atoms with Crippen LogP contribution in [0.5, 0.6) is 11.5 Å². The van der Waals surface area contributed by atoms with Crippen LogP contribution < -0.4 is 25.5 Å². The Morgan fingerprint density at radius 3 is 2.67 bits per heavy atom. The van der Waals surface area contributed by atoms with E-state index in [0.717, 1.165) is 20.9 Å². The third-order valence-corrected chi connectivity index (χ3v) is 7.71. The van der Waals surface area contributed by atoms with Gasteiger partial charge in [0.05, 0.1) is 31.5 Å². The van der Waals surface area contributed by atoms with E-state index in [1.807, 2.05) is 43.5 Å². The molecule has 2 amide bonds. The number of aromatic nitrogens is 1. The summed E-state index contributed by atoms with van der Waals surface area (Å²) in [6.07, 6.45) is 2.59. The van der Waals surface area contributed by atoms with Crippen LogP contribution in [0, 0.1) is 0 Å². The molecular weight excluding hydrogens is 642 g/mol. The summed E-state index contributed by atoms with van der Waals surface area (Å²) in [5.74, 6) is 0.202. The number of carbonyl (C=O) groups excluding carboxylic acids is 2. The van der Waals surface area contributed by atoms with Gasteiger partial charge in [-0.2, -0.15) is 5.10 Å². The fourth-order valence-electron chi connectivity index (χ4n) is 5.11. The van der Waals surface area contributed by atoms with E-state index in [2.05, 4.69) is 59.9 Å². The van der Waals surface area contributed by atoms with E-state index in [1.54, 1.807) is 31.3 Å². The van der Waals surface area contributed by atoms with E-state index in [4.69, 9.17) is 14.2 Å². The number of hydrogen-bond acceptors (Lipinski definition) is 8. The third-order valence-electron chi connectivity index (χ3n) is 7.18. The first-order chi connectivity index (χ1) is 21.8. The lowest BCUT2D eigenvalue weighted by molar-refractivity contribution is -0.136. The number of allylic oxidation sites excluding steroid dienone is 1. The van der Waals surface area contributed by atoms with Crippen molar-refractivity contribution in [3.63, 3.8) is 0 Å². The molecule has 0 spiro atoms. The Balaban J connectivity index is 1.25. The predicted molar refractivity (Wildman–Crippen MR) is 174 cm³/mol. The molecule has 45 heavy (non-hydrogen) atoms. The number of ether oxygens (including phenoxy) is 3. The minimum absolute atomic E-state index is 0.126. The lowest BCUT2D eigenvalue weighted by Gasteiger charge is -2.28. The Bertz CT molecular complexity index is 1750. The molecule has 1 aliphatic heterocycles. The molecule has 4 aromatic rings. The van der Waals surface area contributed by atoms with Crippen molar-refractivity contribution in [1.82, 2.24) is 20.6 Å². The SMILES string of the molecule is CCOc1cc([C@@H]2NC(=O)NC(C)=C2C(=O)OC)ccc1OC[C@@H](O)N/N=C/c1cn(Cc2ccc(Br)cc2)c2ccccc12.